The predicted octanol–water partition coefficient (Wildman–Crippen LogP) is 2.77. The minimum absolute atomic E-state index is 0.00301. The van der Waals surface area contributed by atoms with Crippen molar-refractivity contribution in [1.29, 1.82) is 0 Å². The maximum Gasteiger partial charge on any atom is 0.310 e. The fraction of sp³-hybridized carbons (Fsp3) is 0.867. The Hall–Kier alpha value is -1.06. The highest BCUT2D eigenvalue weighted by Crippen LogP contribution is 2.33. The van der Waals surface area contributed by atoms with Crippen LogP contribution < -0.4 is 0 Å². The van der Waals surface area contributed by atoms with Gasteiger partial charge in [-0.2, -0.15) is 0 Å². The quantitative estimate of drug-likeness (QED) is 0.835. The summed E-state index contributed by atoms with van der Waals surface area (Å²) < 4.78 is 0. The molecule has 2 atom stereocenters. The smallest absolute Gasteiger partial charge is 0.310 e. The van der Waals surface area contributed by atoms with Crippen molar-refractivity contribution >= 4 is 11.9 Å². The predicted molar refractivity (Wildman–Crippen MR) is 74.8 cm³/mol. The van der Waals surface area contributed by atoms with Crippen molar-refractivity contribution in [1.82, 2.24) is 4.90 Å². The zero-order chi connectivity index (χ0) is 14.6. The van der Waals surface area contributed by atoms with E-state index in [1.165, 1.54) is 6.42 Å². The summed E-state index contributed by atoms with van der Waals surface area (Å²) in [5.41, 5.74) is -0.962. The van der Waals surface area contributed by atoms with Crippen LogP contribution in [0.4, 0.5) is 0 Å². The van der Waals surface area contributed by atoms with Crippen LogP contribution >= 0.6 is 0 Å². The van der Waals surface area contributed by atoms with Gasteiger partial charge in [0.25, 0.3) is 0 Å². The van der Waals surface area contributed by atoms with E-state index in [1.807, 2.05) is 18.7 Å². The second-order valence-corrected chi connectivity index (χ2v) is 6.31. The standard InChI is InChI=1S/C15H27NO3/c1-5-12-7-6-8-16(10-12)13(17)9-15(4,11(2)3)14(18)19/h11-12H,5-10H2,1-4H3,(H,18,19). The molecule has 0 radical (unpaired) electrons. The van der Waals surface area contributed by atoms with Gasteiger partial charge in [-0.1, -0.05) is 27.2 Å². The van der Waals surface area contributed by atoms with Gasteiger partial charge >= 0.3 is 5.97 Å². The molecule has 1 aliphatic rings. The first-order chi connectivity index (χ1) is 8.81. The van der Waals surface area contributed by atoms with Crippen molar-refractivity contribution in [3.8, 4) is 0 Å². The average molecular weight is 269 g/mol. The molecule has 2 unspecified atom stereocenters. The van der Waals surface area contributed by atoms with Crippen molar-refractivity contribution in [2.24, 2.45) is 17.3 Å². The lowest BCUT2D eigenvalue weighted by atomic mass is 9.76. The topological polar surface area (TPSA) is 57.6 Å². The van der Waals surface area contributed by atoms with Gasteiger partial charge in [0.2, 0.25) is 5.91 Å². The third kappa shape index (κ3) is 3.71. The first-order valence-electron chi connectivity index (χ1n) is 7.32. The molecule has 1 rings (SSSR count). The van der Waals surface area contributed by atoms with Gasteiger partial charge < -0.3 is 10.0 Å². The number of nitrogens with zero attached hydrogens (tertiary/aromatic N) is 1. The number of carbonyl (C=O) groups is 2. The monoisotopic (exact) mass is 269 g/mol. The number of hydrogen-bond acceptors (Lipinski definition) is 2. The van der Waals surface area contributed by atoms with E-state index in [0.29, 0.717) is 5.92 Å². The first-order valence-corrected chi connectivity index (χ1v) is 7.32. The second kappa shape index (κ2) is 6.40. The number of amides is 1. The number of likely N-dealkylation sites (tertiary alicyclic amines) is 1. The van der Waals surface area contributed by atoms with Crippen molar-refractivity contribution < 1.29 is 14.7 Å². The van der Waals surface area contributed by atoms with E-state index < -0.39 is 11.4 Å². The van der Waals surface area contributed by atoms with Gasteiger partial charge in [-0.15, -0.1) is 0 Å². The van der Waals surface area contributed by atoms with Crippen LogP contribution in [0, 0.1) is 17.3 Å². The Morgan fingerprint density at radius 1 is 1.42 bits per heavy atom. The van der Waals surface area contributed by atoms with Crippen LogP contribution in [0.3, 0.4) is 0 Å². The van der Waals surface area contributed by atoms with E-state index in [9.17, 15) is 14.7 Å². The molecule has 0 spiro atoms. The molecule has 1 heterocycles. The number of piperidine rings is 1. The van der Waals surface area contributed by atoms with Crippen LogP contribution in [0.25, 0.3) is 0 Å². The maximum absolute atomic E-state index is 12.3. The molecule has 4 heteroatoms. The first kappa shape index (κ1) is 16.0. The molecule has 1 N–H and O–H groups in total. The minimum Gasteiger partial charge on any atom is -0.481 e. The highest BCUT2D eigenvalue weighted by atomic mass is 16.4. The Morgan fingerprint density at radius 3 is 2.53 bits per heavy atom. The van der Waals surface area contributed by atoms with Crippen molar-refractivity contribution in [2.45, 2.75) is 53.4 Å². The number of carboxylic acid groups (broad SMARTS) is 1. The molecule has 0 saturated carbocycles. The van der Waals surface area contributed by atoms with Crippen molar-refractivity contribution in [2.75, 3.05) is 13.1 Å². The van der Waals surface area contributed by atoms with E-state index in [-0.39, 0.29) is 18.2 Å². The molecule has 0 bridgehead atoms. The summed E-state index contributed by atoms with van der Waals surface area (Å²) in [7, 11) is 0. The van der Waals surface area contributed by atoms with E-state index in [0.717, 1.165) is 25.9 Å². The van der Waals surface area contributed by atoms with E-state index in [1.54, 1.807) is 6.92 Å². The molecule has 19 heavy (non-hydrogen) atoms. The molecule has 0 aliphatic carbocycles. The molecule has 110 valence electrons. The normalized spacial score (nSPS) is 23.2. The molecule has 1 fully saturated rings. The third-order valence-electron chi connectivity index (χ3n) is 4.73. The Morgan fingerprint density at radius 2 is 2.05 bits per heavy atom. The van der Waals surface area contributed by atoms with Crippen LogP contribution in [0.15, 0.2) is 0 Å². The fourth-order valence-electron chi connectivity index (χ4n) is 2.58. The summed E-state index contributed by atoms with van der Waals surface area (Å²) in [4.78, 5) is 25.6. The Kier molecular flexibility index (Phi) is 5.39. The average Bonchev–Trinajstić information content (AvgIpc) is 2.38. The molecular weight excluding hydrogens is 242 g/mol. The lowest BCUT2D eigenvalue weighted by Crippen LogP contribution is -2.44. The summed E-state index contributed by atoms with van der Waals surface area (Å²) >= 11 is 0. The van der Waals surface area contributed by atoms with Crippen LogP contribution in [0.1, 0.15) is 53.4 Å². The third-order valence-corrected chi connectivity index (χ3v) is 4.73. The zero-order valence-electron chi connectivity index (χ0n) is 12.6. The largest absolute Gasteiger partial charge is 0.481 e. The van der Waals surface area contributed by atoms with Gasteiger partial charge in [-0.3, -0.25) is 9.59 Å². The SMILES string of the molecule is CCC1CCCN(C(=O)CC(C)(C(=O)O)C(C)C)C1. The highest BCUT2D eigenvalue weighted by molar-refractivity contribution is 5.85. The number of carboxylic acids is 1. The minimum atomic E-state index is -0.962. The molecule has 0 aromatic rings. The number of aliphatic carboxylic acids is 1. The lowest BCUT2D eigenvalue weighted by Gasteiger charge is -2.36. The van der Waals surface area contributed by atoms with Crippen molar-refractivity contribution in [3.63, 3.8) is 0 Å². The van der Waals surface area contributed by atoms with Crippen molar-refractivity contribution in [3.05, 3.63) is 0 Å². The summed E-state index contributed by atoms with van der Waals surface area (Å²) in [5, 5.41) is 9.38. The molecule has 0 aromatic carbocycles. The van der Waals surface area contributed by atoms with Gasteiger partial charge in [0.1, 0.15) is 0 Å². The lowest BCUT2D eigenvalue weighted by molar-refractivity contribution is -0.156. The second-order valence-electron chi connectivity index (χ2n) is 6.31. The summed E-state index contributed by atoms with van der Waals surface area (Å²) in [6.45, 7) is 9.14. The van der Waals surface area contributed by atoms with Crippen LogP contribution in [-0.4, -0.2) is 35.0 Å². The van der Waals surface area contributed by atoms with Crippen LogP contribution in [0.5, 0.6) is 0 Å². The van der Waals surface area contributed by atoms with Gasteiger partial charge in [-0.25, -0.2) is 0 Å². The summed E-state index contributed by atoms with van der Waals surface area (Å²) in [6.07, 6.45) is 3.41. The van der Waals surface area contributed by atoms with Gasteiger partial charge in [0.05, 0.1) is 5.41 Å². The van der Waals surface area contributed by atoms with Crippen LogP contribution in [-0.2, 0) is 9.59 Å². The summed E-state index contributed by atoms with van der Waals surface area (Å²) in [5.74, 6) is -0.356. The Bertz CT molecular complexity index is 340. The fourth-order valence-corrected chi connectivity index (χ4v) is 2.58. The van der Waals surface area contributed by atoms with E-state index in [4.69, 9.17) is 0 Å². The van der Waals surface area contributed by atoms with E-state index in [2.05, 4.69) is 6.92 Å². The molecule has 1 saturated heterocycles. The van der Waals surface area contributed by atoms with Gasteiger partial charge in [0.15, 0.2) is 0 Å². The van der Waals surface area contributed by atoms with Gasteiger partial charge in [0, 0.05) is 19.5 Å². The maximum atomic E-state index is 12.3. The Labute approximate surface area is 116 Å². The highest BCUT2D eigenvalue weighted by Gasteiger charge is 2.40. The number of hydrogen-bond donors (Lipinski definition) is 1. The molecular formula is C15H27NO3. The number of carbonyl (C=O) groups excluding carboxylic acids is 1. The molecule has 4 nitrogen and oxygen atoms in total. The Balaban J connectivity index is 2.70. The van der Waals surface area contributed by atoms with E-state index >= 15 is 0 Å². The molecule has 1 amide bonds. The molecule has 1 aliphatic heterocycles. The van der Waals surface area contributed by atoms with Crippen LogP contribution in [0.2, 0.25) is 0 Å². The molecule has 0 aromatic heterocycles. The number of rotatable bonds is 5. The van der Waals surface area contributed by atoms with Gasteiger partial charge in [-0.05, 0) is 31.6 Å². The summed E-state index contributed by atoms with van der Waals surface area (Å²) in [6, 6.07) is 0. The zero-order valence-corrected chi connectivity index (χ0v) is 12.6.